The van der Waals surface area contributed by atoms with E-state index in [9.17, 15) is 4.79 Å². The molecule has 1 N–H and O–H groups in total. The van der Waals surface area contributed by atoms with E-state index in [0.29, 0.717) is 17.0 Å². The molecule has 14 heavy (non-hydrogen) atoms. The van der Waals surface area contributed by atoms with E-state index in [1.54, 1.807) is 13.8 Å². The zero-order chi connectivity index (χ0) is 10.7. The fourth-order valence-electron chi connectivity index (χ4n) is 1.21. The fourth-order valence-corrected chi connectivity index (χ4v) is 1.21. The van der Waals surface area contributed by atoms with Crippen molar-refractivity contribution in [3.8, 4) is 0 Å². The third-order valence-corrected chi connectivity index (χ3v) is 2.25. The van der Waals surface area contributed by atoms with Crippen LogP contribution in [0.25, 0.3) is 0 Å². The molecule has 0 aliphatic heterocycles. The topological polar surface area (TPSA) is 55.1 Å². The van der Waals surface area contributed by atoms with E-state index in [2.05, 4.69) is 10.5 Å². The van der Waals surface area contributed by atoms with E-state index in [0.717, 1.165) is 6.42 Å². The van der Waals surface area contributed by atoms with Gasteiger partial charge in [-0.25, -0.2) is 0 Å². The Kier molecular flexibility index (Phi) is 3.28. The number of rotatable bonds is 3. The molecule has 0 saturated heterocycles. The summed E-state index contributed by atoms with van der Waals surface area (Å²) in [5, 5.41) is 6.61. The highest BCUT2D eigenvalue weighted by atomic mass is 16.5. The Hall–Kier alpha value is -1.32. The van der Waals surface area contributed by atoms with Crippen molar-refractivity contribution < 1.29 is 9.32 Å². The summed E-state index contributed by atoms with van der Waals surface area (Å²) in [7, 11) is 0. The van der Waals surface area contributed by atoms with Crippen molar-refractivity contribution in [2.45, 2.75) is 40.2 Å². The van der Waals surface area contributed by atoms with Gasteiger partial charge in [-0.1, -0.05) is 12.1 Å². The summed E-state index contributed by atoms with van der Waals surface area (Å²) < 4.78 is 4.92. The third-order valence-electron chi connectivity index (χ3n) is 2.25. The number of carbonyl (C=O) groups is 1. The van der Waals surface area contributed by atoms with Crippen LogP contribution in [0.5, 0.6) is 0 Å². The summed E-state index contributed by atoms with van der Waals surface area (Å²) in [5.41, 5.74) is 1.20. The number of amides is 1. The number of nitrogens with zero attached hydrogens (tertiary/aromatic N) is 1. The van der Waals surface area contributed by atoms with Gasteiger partial charge in [0, 0.05) is 6.04 Å². The second-order valence-electron chi connectivity index (χ2n) is 3.48. The molecule has 4 nitrogen and oxygen atoms in total. The normalized spacial score (nSPS) is 12.6. The molecule has 0 bridgehead atoms. The predicted octanol–water partition coefficient (Wildman–Crippen LogP) is 1.82. The quantitative estimate of drug-likeness (QED) is 0.802. The van der Waals surface area contributed by atoms with Crippen molar-refractivity contribution in [2.75, 3.05) is 0 Å². The van der Waals surface area contributed by atoms with Crippen LogP contribution in [0.15, 0.2) is 4.52 Å². The SMILES string of the molecule is CCC(C)NC(=O)c1c(C)noc1C. The number of aryl methyl sites for hydroxylation is 2. The maximum Gasteiger partial charge on any atom is 0.256 e. The first-order valence-corrected chi connectivity index (χ1v) is 4.80. The molecule has 0 saturated carbocycles. The number of hydrogen-bond donors (Lipinski definition) is 1. The average Bonchev–Trinajstić information content (AvgIpc) is 2.46. The standard InChI is InChI=1S/C10H16N2O2/c1-5-6(2)11-10(13)9-7(3)12-14-8(9)4/h6H,5H2,1-4H3,(H,11,13). The van der Waals surface area contributed by atoms with Gasteiger partial charge in [-0.3, -0.25) is 4.79 Å². The smallest absolute Gasteiger partial charge is 0.256 e. The second-order valence-corrected chi connectivity index (χ2v) is 3.48. The van der Waals surface area contributed by atoms with E-state index >= 15 is 0 Å². The van der Waals surface area contributed by atoms with Crippen LogP contribution in [-0.4, -0.2) is 17.1 Å². The van der Waals surface area contributed by atoms with Crippen LogP contribution in [0.3, 0.4) is 0 Å². The molecule has 0 radical (unpaired) electrons. The molecular weight excluding hydrogens is 180 g/mol. The Morgan fingerprint density at radius 3 is 2.64 bits per heavy atom. The second kappa shape index (κ2) is 4.26. The lowest BCUT2D eigenvalue weighted by Gasteiger charge is -2.10. The Morgan fingerprint density at radius 2 is 2.21 bits per heavy atom. The number of hydrogen-bond acceptors (Lipinski definition) is 3. The Balaban J connectivity index is 2.79. The molecule has 0 aliphatic carbocycles. The highest BCUT2D eigenvalue weighted by molar-refractivity contribution is 5.96. The van der Waals surface area contributed by atoms with Crippen LogP contribution in [0.1, 0.15) is 42.1 Å². The minimum atomic E-state index is -0.101. The van der Waals surface area contributed by atoms with Gasteiger partial charge >= 0.3 is 0 Å². The molecule has 1 aromatic heterocycles. The summed E-state index contributed by atoms with van der Waals surface area (Å²) in [5.74, 6) is 0.471. The Labute approximate surface area is 83.7 Å². The number of nitrogens with one attached hydrogen (secondary N) is 1. The van der Waals surface area contributed by atoms with Gasteiger partial charge in [0.2, 0.25) is 0 Å². The van der Waals surface area contributed by atoms with Crippen LogP contribution in [0.2, 0.25) is 0 Å². The Morgan fingerprint density at radius 1 is 1.57 bits per heavy atom. The summed E-state index contributed by atoms with van der Waals surface area (Å²) in [6.45, 7) is 7.50. The maximum absolute atomic E-state index is 11.7. The van der Waals surface area contributed by atoms with Crippen molar-refractivity contribution in [3.05, 3.63) is 17.0 Å². The van der Waals surface area contributed by atoms with Crippen LogP contribution in [0, 0.1) is 13.8 Å². The van der Waals surface area contributed by atoms with E-state index in [-0.39, 0.29) is 11.9 Å². The zero-order valence-corrected chi connectivity index (χ0v) is 9.05. The number of aromatic nitrogens is 1. The maximum atomic E-state index is 11.7. The van der Waals surface area contributed by atoms with Crippen LogP contribution >= 0.6 is 0 Å². The third kappa shape index (κ3) is 2.13. The molecule has 0 spiro atoms. The van der Waals surface area contributed by atoms with Gasteiger partial charge in [-0.05, 0) is 27.2 Å². The van der Waals surface area contributed by atoms with Crippen LogP contribution in [-0.2, 0) is 0 Å². The van der Waals surface area contributed by atoms with Gasteiger partial charge < -0.3 is 9.84 Å². The van der Waals surface area contributed by atoms with Crippen molar-refractivity contribution in [2.24, 2.45) is 0 Å². The number of carbonyl (C=O) groups excluding carboxylic acids is 1. The average molecular weight is 196 g/mol. The Bertz CT molecular complexity index is 311. The molecule has 4 heteroatoms. The first-order chi connectivity index (χ1) is 6.56. The zero-order valence-electron chi connectivity index (χ0n) is 9.05. The summed E-state index contributed by atoms with van der Waals surface area (Å²) in [6.07, 6.45) is 0.912. The molecule has 78 valence electrons. The molecule has 1 aromatic rings. The van der Waals surface area contributed by atoms with E-state index in [1.165, 1.54) is 0 Å². The van der Waals surface area contributed by atoms with Gasteiger partial charge in [-0.2, -0.15) is 0 Å². The molecular formula is C10H16N2O2. The van der Waals surface area contributed by atoms with Crippen molar-refractivity contribution in [1.82, 2.24) is 10.5 Å². The molecule has 0 aliphatic rings. The lowest BCUT2D eigenvalue weighted by Crippen LogP contribution is -2.32. The van der Waals surface area contributed by atoms with Gasteiger partial charge in [0.05, 0.1) is 5.69 Å². The van der Waals surface area contributed by atoms with Gasteiger partial charge in [0.15, 0.2) is 0 Å². The fraction of sp³-hybridized carbons (Fsp3) is 0.600. The van der Waals surface area contributed by atoms with Crippen molar-refractivity contribution in [1.29, 1.82) is 0 Å². The predicted molar refractivity (Wildman–Crippen MR) is 53.2 cm³/mol. The first-order valence-electron chi connectivity index (χ1n) is 4.80. The summed E-state index contributed by atoms with van der Waals surface area (Å²) >= 11 is 0. The van der Waals surface area contributed by atoms with Gasteiger partial charge in [0.1, 0.15) is 11.3 Å². The first kappa shape index (κ1) is 10.8. The highest BCUT2D eigenvalue weighted by Crippen LogP contribution is 2.12. The molecule has 1 atom stereocenters. The lowest BCUT2D eigenvalue weighted by molar-refractivity contribution is 0.0937. The summed E-state index contributed by atoms with van der Waals surface area (Å²) in [4.78, 5) is 11.7. The molecule has 1 rings (SSSR count). The molecule has 0 aromatic carbocycles. The van der Waals surface area contributed by atoms with Crippen LogP contribution in [0.4, 0.5) is 0 Å². The molecule has 1 amide bonds. The molecule has 1 unspecified atom stereocenters. The van der Waals surface area contributed by atoms with E-state index in [1.807, 2.05) is 13.8 Å². The largest absolute Gasteiger partial charge is 0.361 e. The molecule has 1 heterocycles. The van der Waals surface area contributed by atoms with Gasteiger partial charge in [0.25, 0.3) is 5.91 Å². The van der Waals surface area contributed by atoms with E-state index in [4.69, 9.17) is 4.52 Å². The van der Waals surface area contributed by atoms with E-state index < -0.39 is 0 Å². The van der Waals surface area contributed by atoms with Gasteiger partial charge in [-0.15, -0.1) is 0 Å². The van der Waals surface area contributed by atoms with Crippen LogP contribution < -0.4 is 5.32 Å². The minimum Gasteiger partial charge on any atom is -0.361 e. The van der Waals surface area contributed by atoms with Crippen molar-refractivity contribution >= 4 is 5.91 Å². The monoisotopic (exact) mass is 196 g/mol. The van der Waals surface area contributed by atoms with Crippen molar-refractivity contribution in [3.63, 3.8) is 0 Å². The summed E-state index contributed by atoms with van der Waals surface area (Å²) in [6, 6.07) is 0.177. The highest BCUT2D eigenvalue weighted by Gasteiger charge is 2.18. The molecule has 0 fully saturated rings. The lowest BCUT2D eigenvalue weighted by atomic mass is 10.1. The minimum absolute atomic E-state index is 0.101.